The number of guanidine groups is 1. The molecule has 166 valence electrons. The van der Waals surface area contributed by atoms with E-state index in [1.165, 1.54) is 5.56 Å². The highest BCUT2D eigenvalue weighted by Crippen LogP contribution is 2.21. The number of piperidine rings is 1. The number of ether oxygens (including phenoxy) is 2. The van der Waals surface area contributed by atoms with Crippen molar-refractivity contribution in [2.75, 3.05) is 53.6 Å². The molecule has 29 heavy (non-hydrogen) atoms. The van der Waals surface area contributed by atoms with E-state index in [9.17, 15) is 0 Å². The van der Waals surface area contributed by atoms with Crippen LogP contribution in [0.15, 0.2) is 29.3 Å². The van der Waals surface area contributed by atoms with Crippen molar-refractivity contribution in [1.82, 2.24) is 15.5 Å². The van der Waals surface area contributed by atoms with Gasteiger partial charge in [0, 0.05) is 45.9 Å². The Labute approximate surface area is 193 Å². The molecule has 0 aliphatic carbocycles. The van der Waals surface area contributed by atoms with Gasteiger partial charge in [-0.15, -0.1) is 24.0 Å². The third kappa shape index (κ3) is 9.53. The second kappa shape index (κ2) is 14.8. The van der Waals surface area contributed by atoms with Crippen molar-refractivity contribution >= 4 is 29.9 Å². The Morgan fingerprint density at radius 3 is 2.48 bits per heavy atom. The molecule has 1 saturated heterocycles. The quantitative estimate of drug-likeness (QED) is 0.282. The van der Waals surface area contributed by atoms with Crippen LogP contribution in [0, 0.1) is 0 Å². The van der Waals surface area contributed by atoms with E-state index in [2.05, 4.69) is 41.5 Å². The predicted molar refractivity (Wildman–Crippen MR) is 132 cm³/mol. The van der Waals surface area contributed by atoms with E-state index < -0.39 is 0 Å². The van der Waals surface area contributed by atoms with Gasteiger partial charge in [-0.3, -0.25) is 4.99 Å². The van der Waals surface area contributed by atoms with Crippen molar-refractivity contribution in [3.8, 4) is 5.75 Å². The Kier molecular flexibility index (Phi) is 13.3. The van der Waals surface area contributed by atoms with Crippen LogP contribution in [0.2, 0.25) is 0 Å². The summed E-state index contributed by atoms with van der Waals surface area (Å²) < 4.78 is 10.4. The van der Waals surface area contributed by atoms with Crippen LogP contribution in [0.4, 0.5) is 0 Å². The number of hydrogen-bond acceptors (Lipinski definition) is 4. The van der Waals surface area contributed by atoms with Gasteiger partial charge in [-0.1, -0.05) is 19.1 Å². The summed E-state index contributed by atoms with van der Waals surface area (Å²) >= 11 is 0. The number of nitrogens with zero attached hydrogens (tertiary/aromatic N) is 2. The van der Waals surface area contributed by atoms with Crippen molar-refractivity contribution in [3.05, 3.63) is 29.8 Å². The molecule has 0 aromatic heterocycles. The van der Waals surface area contributed by atoms with Gasteiger partial charge in [0.05, 0.1) is 13.7 Å². The maximum absolute atomic E-state index is 5.24. The van der Waals surface area contributed by atoms with Gasteiger partial charge in [0.15, 0.2) is 5.96 Å². The second-order valence-corrected chi connectivity index (χ2v) is 7.48. The molecule has 1 aromatic carbocycles. The minimum absolute atomic E-state index is 0. The Balaban J connectivity index is 0.00000420. The van der Waals surface area contributed by atoms with Gasteiger partial charge >= 0.3 is 0 Å². The highest BCUT2D eigenvalue weighted by molar-refractivity contribution is 14.0. The van der Waals surface area contributed by atoms with Crippen molar-refractivity contribution in [3.63, 3.8) is 0 Å². The standard InChI is InChI=1S/C22H38N4O2.HI/c1-5-23-22(25-20-11-14-26(15-12-20)16-17-27-3)24-13-10-18(2)19-6-8-21(28-4)9-7-19;/h6-9,18,20H,5,10-17H2,1-4H3,(H2,23,24,25);1H. The van der Waals surface area contributed by atoms with Gasteiger partial charge in [-0.25, -0.2) is 0 Å². The van der Waals surface area contributed by atoms with E-state index in [4.69, 9.17) is 14.5 Å². The Bertz CT molecular complexity index is 575. The number of halogens is 1. The molecule has 0 radical (unpaired) electrons. The first-order valence-electron chi connectivity index (χ1n) is 10.6. The summed E-state index contributed by atoms with van der Waals surface area (Å²) in [6.45, 7) is 10.2. The van der Waals surface area contributed by atoms with Gasteiger partial charge in [0.2, 0.25) is 0 Å². The molecule has 2 N–H and O–H groups in total. The van der Waals surface area contributed by atoms with Gasteiger partial charge in [0.1, 0.15) is 5.75 Å². The van der Waals surface area contributed by atoms with Gasteiger partial charge < -0.3 is 25.0 Å². The lowest BCUT2D eigenvalue weighted by molar-refractivity contribution is 0.128. The fraction of sp³-hybridized carbons (Fsp3) is 0.682. The smallest absolute Gasteiger partial charge is 0.191 e. The summed E-state index contributed by atoms with van der Waals surface area (Å²) in [5, 5.41) is 7.02. The van der Waals surface area contributed by atoms with Crippen molar-refractivity contribution in [2.45, 2.75) is 45.1 Å². The lowest BCUT2D eigenvalue weighted by Crippen LogP contribution is -2.49. The summed E-state index contributed by atoms with van der Waals surface area (Å²) in [6.07, 6.45) is 3.32. The summed E-state index contributed by atoms with van der Waals surface area (Å²) in [4.78, 5) is 7.29. The van der Waals surface area contributed by atoms with Gasteiger partial charge in [-0.05, 0) is 49.8 Å². The van der Waals surface area contributed by atoms with Crippen LogP contribution in [-0.4, -0.2) is 70.5 Å². The van der Waals surface area contributed by atoms with Crippen LogP contribution in [-0.2, 0) is 4.74 Å². The molecule has 0 spiro atoms. The third-order valence-corrected chi connectivity index (χ3v) is 5.40. The summed E-state index contributed by atoms with van der Waals surface area (Å²) in [7, 11) is 3.47. The molecule has 7 heteroatoms. The van der Waals surface area contributed by atoms with E-state index in [1.807, 2.05) is 12.1 Å². The third-order valence-electron chi connectivity index (χ3n) is 5.40. The zero-order chi connectivity index (χ0) is 20.2. The molecule has 0 saturated carbocycles. The summed E-state index contributed by atoms with van der Waals surface area (Å²) in [6, 6.07) is 8.84. The molecular formula is C22H39IN4O2. The fourth-order valence-corrected chi connectivity index (χ4v) is 3.50. The van der Waals surface area contributed by atoms with E-state index >= 15 is 0 Å². The molecule has 1 aliphatic rings. The zero-order valence-electron chi connectivity index (χ0n) is 18.4. The van der Waals surface area contributed by atoms with Crippen LogP contribution >= 0.6 is 24.0 Å². The minimum Gasteiger partial charge on any atom is -0.497 e. The average molecular weight is 518 g/mol. The molecule has 0 bridgehead atoms. The normalized spacial score (nSPS) is 16.8. The van der Waals surface area contributed by atoms with E-state index in [0.29, 0.717) is 12.0 Å². The van der Waals surface area contributed by atoms with E-state index in [0.717, 1.165) is 70.3 Å². The Morgan fingerprint density at radius 2 is 1.90 bits per heavy atom. The molecule has 6 nitrogen and oxygen atoms in total. The van der Waals surface area contributed by atoms with Crippen LogP contribution < -0.4 is 15.4 Å². The van der Waals surface area contributed by atoms with Crippen LogP contribution in [0.5, 0.6) is 5.75 Å². The maximum atomic E-state index is 5.24. The monoisotopic (exact) mass is 518 g/mol. The zero-order valence-corrected chi connectivity index (χ0v) is 20.8. The number of benzene rings is 1. The Hall–Kier alpha value is -1.06. The van der Waals surface area contributed by atoms with Gasteiger partial charge in [-0.2, -0.15) is 0 Å². The molecule has 1 heterocycles. The van der Waals surface area contributed by atoms with Crippen LogP contribution in [0.3, 0.4) is 0 Å². The van der Waals surface area contributed by atoms with Crippen LogP contribution in [0.1, 0.15) is 44.6 Å². The second-order valence-electron chi connectivity index (χ2n) is 7.48. The highest BCUT2D eigenvalue weighted by atomic mass is 127. The SMILES string of the molecule is CCNC(=NCCC(C)c1ccc(OC)cc1)NC1CCN(CCOC)CC1.I. The lowest BCUT2D eigenvalue weighted by Gasteiger charge is -2.32. The molecule has 2 rings (SSSR count). The summed E-state index contributed by atoms with van der Waals surface area (Å²) in [5.74, 6) is 2.32. The number of nitrogens with one attached hydrogen (secondary N) is 2. The molecule has 1 fully saturated rings. The van der Waals surface area contributed by atoms with Gasteiger partial charge in [0.25, 0.3) is 0 Å². The first kappa shape index (κ1) is 26.0. The maximum Gasteiger partial charge on any atom is 0.191 e. The molecule has 1 unspecified atom stereocenters. The molecule has 1 atom stereocenters. The molecule has 0 amide bonds. The molecular weight excluding hydrogens is 479 g/mol. The number of methoxy groups -OCH3 is 2. The number of aliphatic imine (C=N–C) groups is 1. The highest BCUT2D eigenvalue weighted by Gasteiger charge is 2.19. The largest absolute Gasteiger partial charge is 0.497 e. The predicted octanol–water partition coefficient (Wildman–Crippen LogP) is 3.47. The van der Waals surface area contributed by atoms with E-state index in [1.54, 1.807) is 14.2 Å². The van der Waals surface area contributed by atoms with Crippen molar-refractivity contribution in [1.29, 1.82) is 0 Å². The van der Waals surface area contributed by atoms with Crippen LogP contribution in [0.25, 0.3) is 0 Å². The Morgan fingerprint density at radius 1 is 1.21 bits per heavy atom. The first-order chi connectivity index (χ1) is 13.7. The lowest BCUT2D eigenvalue weighted by atomic mass is 9.98. The summed E-state index contributed by atoms with van der Waals surface area (Å²) in [5.41, 5.74) is 1.33. The first-order valence-corrected chi connectivity index (χ1v) is 10.6. The average Bonchev–Trinajstić information content (AvgIpc) is 2.73. The number of rotatable bonds is 10. The van der Waals surface area contributed by atoms with Crippen molar-refractivity contribution < 1.29 is 9.47 Å². The van der Waals surface area contributed by atoms with E-state index in [-0.39, 0.29) is 24.0 Å². The molecule has 1 aliphatic heterocycles. The van der Waals surface area contributed by atoms with Crippen molar-refractivity contribution in [2.24, 2.45) is 4.99 Å². The minimum atomic E-state index is 0. The number of likely N-dealkylation sites (tertiary alicyclic amines) is 1. The molecule has 1 aromatic rings. The topological polar surface area (TPSA) is 58.1 Å². The number of hydrogen-bond donors (Lipinski definition) is 2. The fourth-order valence-electron chi connectivity index (χ4n) is 3.50.